The third-order valence-electron chi connectivity index (χ3n) is 11.1. The molecule has 8 nitrogen and oxygen atoms in total. The number of nitrogens with one attached hydrogen (secondary N) is 1. The molecule has 0 spiro atoms. The highest BCUT2D eigenvalue weighted by Gasteiger charge is 2.50. The van der Waals surface area contributed by atoms with Crippen LogP contribution >= 0.6 is 0 Å². The van der Waals surface area contributed by atoms with Gasteiger partial charge in [0.15, 0.2) is 5.82 Å². The second-order valence-corrected chi connectivity index (χ2v) is 13.7. The van der Waals surface area contributed by atoms with Crippen LogP contribution in [0.1, 0.15) is 55.9 Å². The number of aryl methyl sites for hydroxylation is 1. The largest absolute Gasteiger partial charge is 0.461 e. The summed E-state index contributed by atoms with van der Waals surface area (Å²) in [6.45, 7) is 3.77. The summed E-state index contributed by atoms with van der Waals surface area (Å²) >= 11 is 0. The summed E-state index contributed by atoms with van der Waals surface area (Å²) in [5.41, 5.74) is 0.737. The normalized spacial score (nSPS) is 30.6. The Balaban J connectivity index is 1.25. The summed E-state index contributed by atoms with van der Waals surface area (Å²) < 4.78 is 52.6. The van der Waals surface area contributed by atoms with Crippen molar-refractivity contribution in [2.45, 2.75) is 81.4 Å². The molecule has 2 aromatic carbocycles. The minimum absolute atomic E-state index is 0.00240. The van der Waals surface area contributed by atoms with Gasteiger partial charge < -0.3 is 20.1 Å². The van der Waals surface area contributed by atoms with Crippen LogP contribution in [0.4, 0.5) is 19.0 Å². The molecule has 45 heavy (non-hydrogen) atoms. The van der Waals surface area contributed by atoms with Gasteiger partial charge in [-0.1, -0.05) is 24.3 Å². The molecule has 0 aliphatic carbocycles. The number of hydrogen-bond donors (Lipinski definition) is 2. The van der Waals surface area contributed by atoms with Crippen LogP contribution in [0.3, 0.4) is 0 Å². The van der Waals surface area contributed by atoms with E-state index in [1.807, 2.05) is 6.07 Å². The molecule has 11 heteroatoms. The summed E-state index contributed by atoms with van der Waals surface area (Å²) in [7, 11) is 0. The molecule has 4 aromatic rings. The van der Waals surface area contributed by atoms with Gasteiger partial charge in [0.2, 0.25) is 0 Å². The number of halogens is 3. The van der Waals surface area contributed by atoms with Crippen molar-refractivity contribution in [1.82, 2.24) is 25.2 Å². The van der Waals surface area contributed by atoms with Gasteiger partial charge in [0, 0.05) is 49.6 Å². The van der Waals surface area contributed by atoms with Crippen LogP contribution in [-0.2, 0) is 0 Å². The van der Waals surface area contributed by atoms with Gasteiger partial charge >= 0.3 is 6.01 Å². The fourth-order valence-corrected chi connectivity index (χ4v) is 9.00. The highest BCUT2D eigenvalue weighted by atomic mass is 19.1. The third kappa shape index (κ3) is 4.12. The SMILES string of the molecule is Cc1c(F)ccc2cccc(-c3nc4c5c(nc(OC[C@@]67CCCN6C[C@H](F)C7)nc5c3F)N3C[C@H]5CC[C@H](N5)[C@H]3C[C@H]4O)c12. The van der Waals surface area contributed by atoms with Crippen molar-refractivity contribution in [3.8, 4) is 17.3 Å². The second kappa shape index (κ2) is 9.98. The molecule has 0 amide bonds. The third-order valence-corrected chi connectivity index (χ3v) is 11.1. The topological polar surface area (TPSA) is 86.6 Å². The number of aliphatic hydroxyl groups is 1. The van der Waals surface area contributed by atoms with E-state index in [1.165, 1.54) is 6.07 Å². The molecule has 2 aromatic heterocycles. The Kier molecular flexibility index (Phi) is 6.15. The van der Waals surface area contributed by atoms with Gasteiger partial charge in [-0.3, -0.25) is 4.90 Å². The average Bonchev–Trinajstić information content (AvgIpc) is 3.68. The number of aromatic nitrogens is 3. The Morgan fingerprint density at radius 1 is 1.09 bits per heavy atom. The molecule has 9 rings (SSSR count). The zero-order chi connectivity index (χ0) is 30.6. The van der Waals surface area contributed by atoms with E-state index in [-0.39, 0.29) is 42.0 Å². The first kappa shape index (κ1) is 27.7. The van der Waals surface area contributed by atoms with Gasteiger partial charge in [-0.15, -0.1) is 0 Å². The van der Waals surface area contributed by atoms with Crippen LogP contribution in [0.15, 0.2) is 30.3 Å². The van der Waals surface area contributed by atoms with E-state index < -0.39 is 29.4 Å². The van der Waals surface area contributed by atoms with E-state index in [0.29, 0.717) is 59.3 Å². The monoisotopic (exact) mass is 616 g/mol. The molecule has 5 aliphatic rings. The number of hydrogen-bond acceptors (Lipinski definition) is 8. The van der Waals surface area contributed by atoms with Gasteiger partial charge in [0.05, 0.1) is 22.7 Å². The number of piperazine rings is 1. The van der Waals surface area contributed by atoms with Gasteiger partial charge in [0.25, 0.3) is 0 Å². The Labute approximate surface area is 258 Å². The maximum absolute atomic E-state index is 17.0. The number of benzene rings is 2. The lowest BCUT2D eigenvalue weighted by molar-refractivity contribution is 0.107. The Morgan fingerprint density at radius 3 is 2.87 bits per heavy atom. The zero-order valence-electron chi connectivity index (χ0n) is 25.1. The number of rotatable bonds is 4. The number of anilines is 1. The highest BCUT2D eigenvalue weighted by Crippen LogP contribution is 2.46. The molecule has 4 fully saturated rings. The number of alkyl halides is 1. The van der Waals surface area contributed by atoms with Crippen LogP contribution < -0.4 is 15.0 Å². The molecule has 5 aliphatic heterocycles. The molecule has 2 N–H and O–H groups in total. The lowest BCUT2D eigenvalue weighted by Crippen LogP contribution is -2.58. The fraction of sp³-hybridized carbons (Fsp3) is 0.500. The number of ether oxygens (including phenoxy) is 1. The lowest BCUT2D eigenvalue weighted by Gasteiger charge is -2.41. The molecule has 6 atom stereocenters. The predicted octanol–water partition coefficient (Wildman–Crippen LogP) is 5.13. The van der Waals surface area contributed by atoms with Gasteiger partial charge in [-0.2, -0.15) is 9.97 Å². The van der Waals surface area contributed by atoms with Crippen LogP contribution in [0.25, 0.3) is 32.9 Å². The van der Waals surface area contributed by atoms with E-state index in [2.05, 4.69) is 20.1 Å². The van der Waals surface area contributed by atoms with E-state index in [4.69, 9.17) is 14.7 Å². The van der Waals surface area contributed by atoms with Crippen molar-refractivity contribution in [1.29, 1.82) is 0 Å². The molecule has 0 saturated carbocycles. The molecule has 4 saturated heterocycles. The van der Waals surface area contributed by atoms with Gasteiger partial charge in [-0.25, -0.2) is 18.2 Å². The standard InChI is InChI=1S/C34H35F3N6O2/c1-17-22(36)8-6-18-4-2-5-21(26(17)18)29-28(37)31-27-30(39-29)25(44)12-24-23-9-7-20(38-23)15-43(24)32(27)41-33(40-31)45-16-34-10-3-11-42(34)14-19(35)13-34/h2,4-6,8,19-20,23-25,38,44H,3,7,9-16H2,1H3/t19-,20-,23+,24-,25-,34+/m1/s1. The van der Waals surface area contributed by atoms with Crippen molar-refractivity contribution < 1.29 is 23.0 Å². The van der Waals surface area contributed by atoms with Gasteiger partial charge in [-0.05, 0) is 61.6 Å². The maximum Gasteiger partial charge on any atom is 0.319 e. The smallest absolute Gasteiger partial charge is 0.319 e. The number of aliphatic hydroxyl groups excluding tert-OH is 1. The van der Waals surface area contributed by atoms with E-state index >= 15 is 4.39 Å². The van der Waals surface area contributed by atoms with Crippen LogP contribution in [0, 0.1) is 18.6 Å². The van der Waals surface area contributed by atoms with E-state index in [1.54, 1.807) is 25.1 Å². The minimum atomic E-state index is -0.992. The van der Waals surface area contributed by atoms with Crippen LogP contribution in [0.5, 0.6) is 6.01 Å². The molecule has 7 heterocycles. The first-order chi connectivity index (χ1) is 21.8. The Morgan fingerprint density at radius 2 is 1.98 bits per heavy atom. The van der Waals surface area contributed by atoms with Crippen molar-refractivity contribution >= 4 is 27.5 Å². The molecular formula is C34H35F3N6O2. The minimum Gasteiger partial charge on any atom is -0.461 e. The fourth-order valence-electron chi connectivity index (χ4n) is 9.00. The zero-order valence-corrected chi connectivity index (χ0v) is 25.1. The predicted molar refractivity (Wildman–Crippen MR) is 164 cm³/mol. The summed E-state index contributed by atoms with van der Waals surface area (Å²) in [5, 5.41) is 17.1. The molecule has 0 radical (unpaired) electrons. The summed E-state index contributed by atoms with van der Waals surface area (Å²) in [5.74, 6) is -0.553. The summed E-state index contributed by atoms with van der Waals surface area (Å²) in [6, 6.07) is 8.83. The van der Waals surface area contributed by atoms with Gasteiger partial charge in [0.1, 0.15) is 35.6 Å². The van der Waals surface area contributed by atoms with Crippen LogP contribution in [0.2, 0.25) is 0 Å². The average molecular weight is 617 g/mol. The number of nitrogens with zero attached hydrogens (tertiary/aromatic N) is 5. The number of fused-ring (bicyclic) bond motifs is 7. The maximum atomic E-state index is 17.0. The Hall–Kier alpha value is -3.54. The summed E-state index contributed by atoms with van der Waals surface area (Å²) in [4.78, 5) is 18.7. The lowest BCUT2D eigenvalue weighted by atomic mass is 9.95. The van der Waals surface area contributed by atoms with Crippen LogP contribution in [-0.4, -0.2) is 81.0 Å². The summed E-state index contributed by atoms with van der Waals surface area (Å²) in [6.07, 6.45) is 2.68. The van der Waals surface area contributed by atoms with Crippen molar-refractivity contribution in [2.75, 3.05) is 31.1 Å². The Bertz CT molecular complexity index is 1870. The van der Waals surface area contributed by atoms with Crippen molar-refractivity contribution in [2.24, 2.45) is 0 Å². The van der Waals surface area contributed by atoms with E-state index in [0.717, 1.165) is 37.6 Å². The first-order valence-corrected chi connectivity index (χ1v) is 16.1. The number of pyridine rings is 1. The van der Waals surface area contributed by atoms with E-state index in [9.17, 15) is 13.9 Å². The molecule has 234 valence electrons. The highest BCUT2D eigenvalue weighted by molar-refractivity contribution is 6.01. The van der Waals surface area contributed by atoms with Crippen molar-refractivity contribution in [3.05, 3.63) is 53.2 Å². The molecular weight excluding hydrogens is 581 g/mol. The quantitative estimate of drug-likeness (QED) is 0.327. The second-order valence-electron chi connectivity index (χ2n) is 13.7. The molecule has 0 unspecified atom stereocenters. The van der Waals surface area contributed by atoms with Crippen molar-refractivity contribution in [3.63, 3.8) is 0 Å². The first-order valence-electron chi connectivity index (χ1n) is 16.1. The molecule has 2 bridgehead atoms.